The fourth-order valence-electron chi connectivity index (χ4n) is 7.10. The number of hydrogen-bond donors (Lipinski definition) is 1. The van der Waals surface area contributed by atoms with E-state index >= 15 is 0 Å². The molecule has 0 aromatic carbocycles. The molecule has 0 fully saturated rings. The Morgan fingerprint density at radius 3 is 1.35 bits per heavy atom. The highest BCUT2D eigenvalue weighted by Gasteiger charge is 2.27. The molecular weight excluding hydrogens is 846 g/mol. The Balaban J connectivity index is 4.30. The number of ether oxygens (including phenoxy) is 2. The summed E-state index contributed by atoms with van der Waals surface area (Å²) in [7, 11) is 1.44. The van der Waals surface area contributed by atoms with Crippen molar-refractivity contribution in [2.45, 2.75) is 225 Å². The van der Waals surface area contributed by atoms with Crippen LogP contribution in [0.5, 0.6) is 0 Å². The van der Waals surface area contributed by atoms with Crippen LogP contribution in [0.1, 0.15) is 219 Å². The maximum absolute atomic E-state index is 12.7. The van der Waals surface area contributed by atoms with Gasteiger partial charge in [-0.3, -0.25) is 18.6 Å². The quantitative estimate of drug-likeness (QED) is 0.0211. The number of phosphoric acid groups is 1. The lowest BCUT2D eigenvalue weighted by molar-refractivity contribution is -0.870. The molecule has 9 nitrogen and oxygen atoms in total. The molecule has 0 radical (unpaired) electrons. The van der Waals surface area contributed by atoms with E-state index in [1.54, 1.807) is 0 Å². The molecule has 0 amide bonds. The van der Waals surface area contributed by atoms with E-state index in [4.69, 9.17) is 18.5 Å². The summed E-state index contributed by atoms with van der Waals surface area (Å²) in [6, 6.07) is 0. The summed E-state index contributed by atoms with van der Waals surface area (Å²) < 4.78 is 34.4. The summed E-state index contributed by atoms with van der Waals surface area (Å²) in [5, 5.41) is 0. The van der Waals surface area contributed by atoms with Crippen LogP contribution in [0.2, 0.25) is 0 Å². The molecule has 66 heavy (non-hydrogen) atoms. The number of unbranched alkanes of at least 4 members (excludes halogenated alkanes) is 22. The molecule has 0 aromatic rings. The zero-order valence-corrected chi connectivity index (χ0v) is 44.1. The molecule has 1 N–H and O–H groups in total. The van der Waals surface area contributed by atoms with Crippen molar-refractivity contribution in [3.05, 3.63) is 72.9 Å². The number of esters is 2. The lowest BCUT2D eigenvalue weighted by Gasteiger charge is -2.24. The standard InChI is InChI=1S/C56H100NO8P/c1-6-8-10-12-14-16-18-20-22-24-26-27-28-29-31-32-34-36-38-40-42-44-46-48-55(58)62-52-54(53-64-66(60,61)63-51-50-57(3,4)5)65-56(59)49-47-45-43-41-39-37-35-33-30-25-23-21-19-17-15-13-11-9-7-2/h9,11,15,17,21,23,30,33,37,39-40,42,54H,6-8,10,12-14,16,18-20,22,24-29,31-32,34-36,38,41,43-53H2,1-5H3/p+1/b11-9+,17-15+,23-21+,33-30+,39-37+,42-40+/t54-/m1/s1. The molecule has 0 saturated carbocycles. The number of phosphoric ester groups is 1. The Morgan fingerprint density at radius 2 is 0.879 bits per heavy atom. The summed E-state index contributed by atoms with van der Waals surface area (Å²) in [4.78, 5) is 35.6. The van der Waals surface area contributed by atoms with Crippen LogP contribution < -0.4 is 0 Å². The summed E-state index contributed by atoms with van der Waals surface area (Å²) in [6.45, 7) is 4.26. The SMILES string of the molecule is CC/C=C/C/C=C/C/C=C/C/C=C/C/C=C/CCCCCC(=O)O[C@H](COC(=O)CCC/C=C/CCCCCCCCCCCCCCCCCCCC)COP(=O)(O)OCC[N+](C)(C)C. The third-order valence-corrected chi connectivity index (χ3v) is 12.2. The van der Waals surface area contributed by atoms with Crippen molar-refractivity contribution >= 4 is 19.8 Å². The highest BCUT2D eigenvalue weighted by molar-refractivity contribution is 7.47. The van der Waals surface area contributed by atoms with E-state index in [-0.39, 0.29) is 26.1 Å². The normalized spacial score (nSPS) is 14.0. The minimum atomic E-state index is -4.40. The number of carbonyl (C=O) groups is 2. The Labute approximate surface area is 406 Å². The molecule has 0 aliphatic heterocycles. The molecule has 0 rings (SSSR count). The molecule has 0 aliphatic carbocycles. The van der Waals surface area contributed by atoms with Crippen LogP contribution in [-0.2, 0) is 32.7 Å². The van der Waals surface area contributed by atoms with Crippen LogP contribution in [0.25, 0.3) is 0 Å². The second-order valence-electron chi connectivity index (χ2n) is 18.9. The van der Waals surface area contributed by atoms with Crippen LogP contribution in [0.4, 0.5) is 0 Å². The van der Waals surface area contributed by atoms with E-state index in [1.807, 2.05) is 21.1 Å². The lowest BCUT2D eigenvalue weighted by atomic mass is 10.0. The smallest absolute Gasteiger partial charge is 0.462 e. The van der Waals surface area contributed by atoms with Gasteiger partial charge in [0.2, 0.25) is 0 Å². The number of allylic oxidation sites excluding steroid dienone is 12. The van der Waals surface area contributed by atoms with Crippen molar-refractivity contribution in [1.29, 1.82) is 0 Å². The summed E-state index contributed by atoms with van der Waals surface area (Å²) in [5.74, 6) is -0.873. The van der Waals surface area contributed by atoms with Gasteiger partial charge >= 0.3 is 19.8 Å². The van der Waals surface area contributed by atoms with Crippen molar-refractivity contribution in [3.8, 4) is 0 Å². The van der Waals surface area contributed by atoms with E-state index in [2.05, 4.69) is 86.8 Å². The second kappa shape index (κ2) is 47.5. The second-order valence-corrected chi connectivity index (χ2v) is 20.3. The van der Waals surface area contributed by atoms with Crippen LogP contribution in [0.3, 0.4) is 0 Å². The van der Waals surface area contributed by atoms with E-state index < -0.39 is 32.5 Å². The van der Waals surface area contributed by atoms with Gasteiger partial charge in [-0.25, -0.2) is 4.57 Å². The first kappa shape index (κ1) is 63.5. The zero-order chi connectivity index (χ0) is 48.5. The summed E-state index contributed by atoms with van der Waals surface area (Å²) in [5.41, 5.74) is 0. The van der Waals surface area contributed by atoms with Crippen LogP contribution in [0, 0.1) is 0 Å². The van der Waals surface area contributed by atoms with Crippen molar-refractivity contribution in [1.82, 2.24) is 0 Å². The predicted octanol–water partition coefficient (Wildman–Crippen LogP) is 16.1. The van der Waals surface area contributed by atoms with Gasteiger partial charge in [0.1, 0.15) is 19.8 Å². The summed E-state index contributed by atoms with van der Waals surface area (Å²) in [6.07, 6.45) is 61.2. The number of nitrogens with zero attached hydrogens (tertiary/aromatic N) is 1. The molecule has 0 saturated heterocycles. The third kappa shape index (κ3) is 50.9. The zero-order valence-electron chi connectivity index (χ0n) is 43.2. The Hall–Kier alpha value is -2.55. The first-order chi connectivity index (χ1) is 32.0. The first-order valence-electron chi connectivity index (χ1n) is 26.7. The van der Waals surface area contributed by atoms with Gasteiger partial charge in [-0.2, -0.15) is 0 Å². The molecule has 0 spiro atoms. The average Bonchev–Trinajstić information content (AvgIpc) is 3.27. The lowest BCUT2D eigenvalue weighted by Crippen LogP contribution is -2.37. The van der Waals surface area contributed by atoms with Crippen molar-refractivity contribution in [3.63, 3.8) is 0 Å². The maximum atomic E-state index is 12.7. The average molecular weight is 947 g/mol. The van der Waals surface area contributed by atoms with Gasteiger partial charge in [0, 0.05) is 12.8 Å². The van der Waals surface area contributed by atoms with Gasteiger partial charge in [0.15, 0.2) is 6.10 Å². The van der Waals surface area contributed by atoms with Gasteiger partial charge in [-0.1, -0.05) is 202 Å². The topological polar surface area (TPSA) is 108 Å². The number of rotatable bonds is 48. The fourth-order valence-corrected chi connectivity index (χ4v) is 7.85. The molecule has 10 heteroatoms. The molecule has 2 atom stereocenters. The molecule has 382 valence electrons. The highest BCUT2D eigenvalue weighted by Crippen LogP contribution is 2.43. The van der Waals surface area contributed by atoms with Gasteiger partial charge in [0.05, 0.1) is 27.7 Å². The minimum Gasteiger partial charge on any atom is -0.462 e. The Bertz CT molecular complexity index is 1350. The number of likely N-dealkylation sites (N-methyl/N-ethyl adjacent to an activating group) is 1. The predicted molar refractivity (Wildman–Crippen MR) is 279 cm³/mol. The van der Waals surface area contributed by atoms with Gasteiger partial charge in [-0.05, 0) is 77.0 Å². The molecule has 0 heterocycles. The minimum absolute atomic E-state index is 0.0182. The molecule has 0 bridgehead atoms. The number of quaternary nitrogens is 1. The van der Waals surface area contributed by atoms with Crippen molar-refractivity contribution < 1.29 is 42.1 Å². The molecule has 0 aliphatic rings. The largest absolute Gasteiger partial charge is 0.472 e. The fraction of sp³-hybridized carbons (Fsp3) is 0.750. The summed E-state index contributed by atoms with van der Waals surface area (Å²) >= 11 is 0. The molecular formula is C56H101NO8P+. The Morgan fingerprint density at radius 1 is 0.485 bits per heavy atom. The van der Waals surface area contributed by atoms with Gasteiger partial charge in [0.25, 0.3) is 0 Å². The van der Waals surface area contributed by atoms with Gasteiger partial charge in [-0.15, -0.1) is 0 Å². The third-order valence-electron chi connectivity index (χ3n) is 11.2. The van der Waals surface area contributed by atoms with Crippen molar-refractivity contribution in [2.24, 2.45) is 0 Å². The van der Waals surface area contributed by atoms with Crippen LogP contribution in [0.15, 0.2) is 72.9 Å². The number of hydrogen-bond acceptors (Lipinski definition) is 7. The van der Waals surface area contributed by atoms with E-state index in [1.165, 1.54) is 116 Å². The molecule has 1 unspecified atom stereocenters. The monoisotopic (exact) mass is 947 g/mol. The highest BCUT2D eigenvalue weighted by atomic mass is 31.2. The van der Waals surface area contributed by atoms with E-state index in [0.717, 1.165) is 64.2 Å². The van der Waals surface area contributed by atoms with E-state index in [0.29, 0.717) is 23.9 Å². The van der Waals surface area contributed by atoms with E-state index in [9.17, 15) is 19.0 Å². The van der Waals surface area contributed by atoms with Crippen molar-refractivity contribution in [2.75, 3.05) is 47.5 Å². The van der Waals surface area contributed by atoms with Crippen LogP contribution in [-0.4, -0.2) is 74.9 Å². The Kier molecular flexibility index (Phi) is 45.7. The molecule has 0 aromatic heterocycles. The maximum Gasteiger partial charge on any atom is 0.472 e. The van der Waals surface area contributed by atoms with Crippen LogP contribution >= 0.6 is 7.82 Å². The van der Waals surface area contributed by atoms with Gasteiger partial charge < -0.3 is 18.9 Å². The first-order valence-corrected chi connectivity index (χ1v) is 28.2. The number of carbonyl (C=O) groups excluding carboxylic acids is 2.